The standard InChI is InChI=1S/C26H32N2O4/c29-17-24-23(28-26(31)14-18-6-7-18)13-12-22(32-24)15-25(30)27-16-19-8-10-21(11-9-19)20-4-2-1-3-5-20/h1-5,8-11,18,22-24,29H,6-7,12-17H2,(H,27,30)(H,28,31)/t22-,23+,24+/m1/s1. The monoisotopic (exact) mass is 436 g/mol. The molecule has 6 heteroatoms. The molecule has 32 heavy (non-hydrogen) atoms. The maximum Gasteiger partial charge on any atom is 0.222 e. The van der Waals surface area contributed by atoms with Gasteiger partial charge in [0.05, 0.1) is 25.2 Å². The summed E-state index contributed by atoms with van der Waals surface area (Å²) in [6.45, 7) is 0.296. The first kappa shape index (κ1) is 22.5. The van der Waals surface area contributed by atoms with Crippen LogP contribution in [0.2, 0.25) is 0 Å². The maximum atomic E-state index is 12.4. The molecule has 2 aromatic rings. The number of ether oxygens (including phenoxy) is 1. The van der Waals surface area contributed by atoms with Crippen LogP contribution in [0.5, 0.6) is 0 Å². The Kier molecular flexibility index (Phi) is 7.55. The smallest absolute Gasteiger partial charge is 0.222 e. The summed E-state index contributed by atoms with van der Waals surface area (Å²) in [6, 6.07) is 18.2. The summed E-state index contributed by atoms with van der Waals surface area (Å²) in [5, 5.41) is 15.7. The molecule has 3 N–H and O–H groups in total. The van der Waals surface area contributed by atoms with E-state index in [9.17, 15) is 14.7 Å². The van der Waals surface area contributed by atoms with Crippen LogP contribution in [-0.4, -0.2) is 41.8 Å². The lowest BCUT2D eigenvalue weighted by atomic mass is 9.96. The predicted molar refractivity (Wildman–Crippen MR) is 123 cm³/mol. The summed E-state index contributed by atoms with van der Waals surface area (Å²) in [7, 11) is 0. The van der Waals surface area contributed by atoms with E-state index in [-0.39, 0.29) is 37.0 Å². The molecular weight excluding hydrogens is 404 g/mol. The molecule has 0 unspecified atom stereocenters. The zero-order chi connectivity index (χ0) is 22.3. The molecule has 6 nitrogen and oxygen atoms in total. The lowest BCUT2D eigenvalue weighted by Gasteiger charge is -2.36. The largest absolute Gasteiger partial charge is 0.394 e. The second kappa shape index (κ2) is 10.7. The number of hydrogen-bond acceptors (Lipinski definition) is 4. The van der Waals surface area contributed by atoms with E-state index < -0.39 is 6.10 Å². The van der Waals surface area contributed by atoms with Crippen molar-refractivity contribution >= 4 is 11.8 Å². The number of aliphatic hydroxyl groups excluding tert-OH is 1. The van der Waals surface area contributed by atoms with Gasteiger partial charge in [0.15, 0.2) is 0 Å². The molecule has 0 bridgehead atoms. The van der Waals surface area contributed by atoms with Gasteiger partial charge in [0.25, 0.3) is 0 Å². The third kappa shape index (κ3) is 6.40. The highest BCUT2D eigenvalue weighted by molar-refractivity contribution is 5.77. The van der Waals surface area contributed by atoms with Gasteiger partial charge in [-0.1, -0.05) is 54.6 Å². The van der Waals surface area contributed by atoms with E-state index in [4.69, 9.17) is 4.74 Å². The van der Waals surface area contributed by atoms with Crippen LogP contribution >= 0.6 is 0 Å². The molecule has 4 rings (SSSR count). The topological polar surface area (TPSA) is 87.7 Å². The van der Waals surface area contributed by atoms with Gasteiger partial charge < -0.3 is 20.5 Å². The van der Waals surface area contributed by atoms with Crippen molar-refractivity contribution in [2.45, 2.75) is 63.3 Å². The molecule has 2 aliphatic rings. The molecule has 3 atom stereocenters. The Morgan fingerprint density at radius 3 is 2.28 bits per heavy atom. The van der Waals surface area contributed by atoms with Crippen molar-refractivity contribution in [1.82, 2.24) is 10.6 Å². The first-order chi connectivity index (χ1) is 15.6. The van der Waals surface area contributed by atoms with Crippen LogP contribution < -0.4 is 10.6 Å². The summed E-state index contributed by atoms with van der Waals surface area (Å²) in [5.74, 6) is 0.488. The first-order valence-corrected chi connectivity index (χ1v) is 11.6. The maximum absolute atomic E-state index is 12.4. The van der Waals surface area contributed by atoms with Gasteiger partial charge in [0.2, 0.25) is 11.8 Å². The highest BCUT2D eigenvalue weighted by atomic mass is 16.5. The number of benzene rings is 2. The molecule has 2 fully saturated rings. The molecular formula is C26H32N2O4. The first-order valence-electron chi connectivity index (χ1n) is 11.6. The minimum atomic E-state index is -0.463. The molecule has 1 aliphatic heterocycles. The molecule has 2 amide bonds. The normalized spacial score (nSPS) is 22.8. The molecule has 1 saturated carbocycles. The van der Waals surface area contributed by atoms with Crippen molar-refractivity contribution in [3.63, 3.8) is 0 Å². The van der Waals surface area contributed by atoms with Crippen molar-refractivity contribution in [1.29, 1.82) is 0 Å². The Morgan fingerprint density at radius 2 is 1.59 bits per heavy atom. The molecule has 1 heterocycles. The summed E-state index contributed by atoms with van der Waals surface area (Å²) in [6.07, 6.45) is 3.76. The SMILES string of the molecule is O=C(C[C@H]1CC[C@H](NC(=O)CC2CC2)[C@H](CO)O1)NCc1ccc(-c2ccccc2)cc1. The van der Waals surface area contributed by atoms with Gasteiger partial charge in [-0.25, -0.2) is 0 Å². The highest BCUT2D eigenvalue weighted by Gasteiger charge is 2.34. The third-order valence-electron chi connectivity index (χ3n) is 6.28. The molecule has 0 spiro atoms. The number of aliphatic hydroxyl groups is 1. The Balaban J connectivity index is 1.20. The third-order valence-corrected chi connectivity index (χ3v) is 6.28. The fourth-order valence-corrected chi connectivity index (χ4v) is 4.22. The zero-order valence-corrected chi connectivity index (χ0v) is 18.3. The van der Waals surface area contributed by atoms with Crippen LogP contribution in [0.1, 0.15) is 44.1 Å². The highest BCUT2D eigenvalue weighted by Crippen LogP contribution is 2.32. The molecule has 1 saturated heterocycles. The Labute approximate surface area is 189 Å². The van der Waals surface area contributed by atoms with Crippen LogP contribution in [0.15, 0.2) is 54.6 Å². The lowest BCUT2D eigenvalue weighted by molar-refractivity contribution is -0.136. The van der Waals surface area contributed by atoms with Crippen LogP contribution in [-0.2, 0) is 20.9 Å². The summed E-state index contributed by atoms with van der Waals surface area (Å²) in [5.41, 5.74) is 3.34. The predicted octanol–water partition coefficient (Wildman–Crippen LogP) is 3.18. The van der Waals surface area contributed by atoms with Crippen LogP contribution in [0.4, 0.5) is 0 Å². The number of nitrogens with one attached hydrogen (secondary N) is 2. The summed E-state index contributed by atoms with van der Waals surface area (Å²) < 4.78 is 5.93. The number of carbonyl (C=O) groups is 2. The van der Waals surface area contributed by atoms with E-state index in [0.717, 1.165) is 29.5 Å². The van der Waals surface area contributed by atoms with E-state index in [1.54, 1.807) is 0 Å². The Hall–Kier alpha value is -2.70. The van der Waals surface area contributed by atoms with Crippen LogP contribution in [0.3, 0.4) is 0 Å². The van der Waals surface area contributed by atoms with Crippen molar-refractivity contribution < 1.29 is 19.4 Å². The van der Waals surface area contributed by atoms with E-state index in [1.165, 1.54) is 0 Å². The summed E-state index contributed by atoms with van der Waals surface area (Å²) >= 11 is 0. The van der Waals surface area contributed by atoms with Crippen LogP contribution in [0.25, 0.3) is 11.1 Å². The Morgan fingerprint density at radius 1 is 0.875 bits per heavy atom. The van der Waals surface area contributed by atoms with E-state index >= 15 is 0 Å². The van der Waals surface area contributed by atoms with Gasteiger partial charge in [-0.15, -0.1) is 0 Å². The van der Waals surface area contributed by atoms with E-state index in [1.807, 2.05) is 30.3 Å². The van der Waals surface area contributed by atoms with Crippen molar-refractivity contribution in [2.24, 2.45) is 5.92 Å². The second-order valence-corrected chi connectivity index (χ2v) is 8.92. The molecule has 1 aliphatic carbocycles. The van der Waals surface area contributed by atoms with E-state index in [2.05, 4.69) is 34.9 Å². The molecule has 2 aromatic carbocycles. The average Bonchev–Trinajstić information content (AvgIpc) is 3.63. The molecule has 170 valence electrons. The van der Waals surface area contributed by atoms with Crippen molar-refractivity contribution in [3.05, 3.63) is 60.2 Å². The Bertz CT molecular complexity index is 896. The minimum absolute atomic E-state index is 0.0361. The second-order valence-electron chi connectivity index (χ2n) is 8.92. The average molecular weight is 437 g/mol. The number of carbonyl (C=O) groups excluding carboxylic acids is 2. The minimum Gasteiger partial charge on any atom is -0.394 e. The summed E-state index contributed by atoms with van der Waals surface area (Å²) in [4.78, 5) is 24.5. The fourth-order valence-electron chi connectivity index (χ4n) is 4.22. The van der Waals surface area contributed by atoms with Crippen LogP contribution in [0, 0.1) is 5.92 Å². The lowest BCUT2D eigenvalue weighted by Crippen LogP contribution is -2.51. The van der Waals surface area contributed by atoms with Gasteiger partial charge in [0, 0.05) is 13.0 Å². The quantitative estimate of drug-likeness (QED) is 0.563. The van der Waals surface area contributed by atoms with Crippen molar-refractivity contribution in [2.75, 3.05) is 6.61 Å². The van der Waals surface area contributed by atoms with Crippen molar-refractivity contribution in [3.8, 4) is 11.1 Å². The number of amides is 2. The zero-order valence-electron chi connectivity index (χ0n) is 18.3. The molecule has 0 radical (unpaired) electrons. The molecule has 0 aromatic heterocycles. The van der Waals surface area contributed by atoms with Gasteiger partial charge in [-0.2, -0.15) is 0 Å². The van der Waals surface area contributed by atoms with E-state index in [0.29, 0.717) is 31.7 Å². The number of rotatable bonds is 9. The fraction of sp³-hybridized carbons (Fsp3) is 0.462. The van der Waals surface area contributed by atoms with Gasteiger partial charge in [0.1, 0.15) is 6.10 Å². The number of hydrogen-bond donors (Lipinski definition) is 3. The van der Waals surface area contributed by atoms with Gasteiger partial charge in [-0.05, 0) is 48.3 Å². The van der Waals surface area contributed by atoms with Gasteiger partial charge >= 0.3 is 0 Å². The van der Waals surface area contributed by atoms with Gasteiger partial charge in [-0.3, -0.25) is 9.59 Å².